The van der Waals surface area contributed by atoms with E-state index in [2.05, 4.69) is 4.98 Å². The molecule has 110 valence electrons. The molecule has 9 heteroatoms. The third kappa shape index (κ3) is 3.08. The van der Waals surface area contributed by atoms with E-state index >= 15 is 0 Å². The van der Waals surface area contributed by atoms with Crippen molar-refractivity contribution in [1.82, 2.24) is 4.98 Å². The molecule has 0 fully saturated rings. The highest BCUT2D eigenvalue weighted by atomic mass is 35.5. The molecule has 0 spiro atoms. The molecule has 21 heavy (non-hydrogen) atoms. The second-order valence-corrected chi connectivity index (χ2v) is 4.51. The van der Waals surface area contributed by atoms with E-state index < -0.39 is 34.9 Å². The molecule has 1 amide bonds. The topological polar surface area (TPSA) is 42.0 Å². The fraction of sp³-hybridized carbons (Fsp3) is 0. The molecule has 0 atom stereocenters. The largest absolute Gasteiger partial charge is 0.317 e. The summed E-state index contributed by atoms with van der Waals surface area (Å²) in [5, 5.41) is 1.36. The van der Waals surface area contributed by atoms with E-state index in [4.69, 9.17) is 23.2 Å². The van der Waals surface area contributed by atoms with Crippen LogP contribution in [-0.2, 0) is 0 Å². The maximum atomic E-state index is 13.4. The summed E-state index contributed by atoms with van der Waals surface area (Å²) in [5.74, 6) is -7.87. The number of rotatable bonds is 2. The van der Waals surface area contributed by atoms with Gasteiger partial charge in [-0.1, -0.05) is 23.2 Å². The Bertz CT molecular complexity index is 713. The first-order valence-corrected chi connectivity index (χ1v) is 6.03. The van der Waals surface area contributed by atoms with Gasteiger partial charge in [-0.3, -0.25) is 4.79 Å². The smallest absolute Gasteiger partial charge is 0.258 e. The van der Waals surface area contributed by atoms with Crippen LogP contribution in [-0.4, -0.2) is 10.9 Å². The van der Waals surface area contributed by atoms with Crippen LogP contribution in [0.4, 0.5) is 23.2 Å². The standard InChI is InChI=1S/C12H4Cl2F4N2O/c13-7-2-1-4(11(14)19-7)12(21)20-10-8(17)5(15)3-6(16)9(10)18/h1-3H,(H,20,21). The first-order valence-electron chi connectivity index (χ1n) is 5.27. The molecule has 0 bridgehead atoms. The van der Waals surface area contributed by atoms with Crippen molar-refractivity contribution in [3.05, 3.63) is 57.3 Å². The zero-order valence-electron chi connectivity index (χ0n) is 9.86. The van der Waals surface area contributed by atoms with Gasteiger partial charge in [0.15, 0.2) is 23.3 Å². The molecule has 1 aromatic heterocycles. The van der Waals surface area contributed by atoms with Crippen molar-refractivity contribution in [2.24, 2.45) is 0 Å². The third-order valence-corrected chi connectivity index (χ3v) is 2.91. The van der Waals surface area contributed by atoms with Crippen molar-refractivity contribution < 1.29 is 22.4 Å². The SMILES string of the molecule is O=C(Nc1c(F)c(F)cc(F)c1F)c1ccc(Cl)nc1Cl. The Morgan fingerprint density at radius 2 is 1.62 bits per heavy atom. The fourth-order valence-corrected chi connectivity index (χ4v) is 1.88. The second kappa shape index (κ2) is 5.87. The summed E-state index contributed by atoms with van der Waals surface area (Å²) >= 11 is 11.2. The van der Waals surface area contributed by atoms with E-state index in [1.807, 2.05) is 0 Å². The molecule has 0 saturated heterocycles. The molecule has 0 saturated carbocycles. The predicted molar refractivity (Wildman–Crippen MR) is 68.5 cm³/mol. The lowest BCUT2D eigenvalue weighted by Gasteiger charge is -2.09. The molecule has 2 rings (SSSR count). The van der Waals surface area contributed by atoms with Gasteiger partial charge in [0.25, 0.3) is 5.91 Å². The van der Waals surface area contributed by atoms with Gasteiger partial charge in [0.05, 0.1) is 5.56 Å². The van der Waals surface area contributed by atoms with E-state index in [-0.39, 0.29) is 21.9 Å². The number of halogens is 6. The maximum Gasteiger partial charge on any atom is 0.258 e. The lowest BCUT2D eigenvalue weighted by Crippen LogP contribution is -2.16. The highest BCUT2D eigenvalue weighted by Gasteiger charge is 2.22. The summed E-state index contributed by atoms with van der Waals surface area (Å²) in [6.07, 6.45) is 0. The van der Waals surface area contributed by atoms with E-state index in [1.54, 1.807) is 5.32 Å². The number of nitrogens with one attached hydrogen (secondary N) is 1. The molecular formula is C12H4Cl2F4N2O. The number of amides is 1. The highest BCUT2D eigenvalue weighted by molar-refractivity contribution is 6.35. The first kappa shape index (κ1) is 15.5. The van der Waals surface area contributed by atoms with Crippen LogP contribution >= 0.6 is 23.2 Å². The summed E-state index contributed by atoms with van der Waals surface area (Å²) < 4.78 is 52.9. The minimum atomic E-state index is -1.74. The lowest BCUT2D eigenvalue weighted by molar-refractivity contribution is 0.102. The first-order chi connectivity index (χ1) is 9.81. The average Bonchev–Trinajstić information content (AvgIpc) is 2.41. The van der Waals surface area contributed by atoms with Crippen LogP contribution in [0.3, 0.4) is 0 Å². The van der Waals surface area contributed by atoms with Gasteiger partial charge >= 0.3 is 0 Å². The number of benzene rings is 1. The molecule has 0 aliphatic rings. The summed E-state index contributed by atoms with van der Waals surface area (Å²) in [6, 6.07) is 2.37. The minimum absolute atomic E-state index is 0.00860. The van der Waals surface area contributed by atoms with Crippen LogP contribution in [0.5, 0.6) is 0 Å². The number of hydrogen-bond acceptors (Lipinski definition) is 2. The Morgan fingerprint density at radius 1 is 1.05 bits per heavy atom. The van der Waals surface area contributed by atoms with Crippen molar-refractivity contribution in [2.45, 2.75) is 0 Å². The Labute approximate surface area is 125 Å². The van der Waals surface area contributed by atoms with Crippen LogP contribution in [0, 0.1) is 23.3 Å². The third-order valence-electron chi connectivity index (χ3n) is 2.41. The van der Waals surface area contributed by atoms with Gasteiger partial charge < -0.3 is 5.32 Å². The Balaban J connectivity index is 2.41. The molecule has 1 N–H and O–H groups in total. The Kier molecular flexibility index (Phi) is 4.34. The Hall–Kier alpha value is -1.86. The monoisotopic (exact) mass is 338 g/mol. The summed E-state index contributed by atoms with van der Waals surface area (Å²) in [7, 11) is 0. The molecule has 0 unspecified atom stereocenters. The Morgan fingerprint density at radius 3 is 2.14 bits per heavy atom. The predicted octanol–water partition coefficient (Wildman–Crippen LogP) is 4.20. The van der Waals surface area contributed by atoms with E-state index in [0.717, 1.165) is 6.07 Å². The van der Waals surface area contributed by atoms with Gasteiger partial charge in [0, 0.05) is 6.07 Å². The molecule has 1 aromatic carbocycles. The van der Waals surface area contributed by atoms with Gasteiger partial charge in [0.2, 0.25) is 0 Å². The van der Waals surface area contributed by atoms with Crippen molar-refractivity contribution in [1.29, 1.82) is 0 Å². The van der Waals surface area contributed by atoms with Gasteiger partial charge in [-0.05, 0) is 12.1 Å². The summed E-state index contributed by atoms with van der Waals surface area (Å²) in [6.45, 7) is 0. The van der Waals surface area contributed by atoms with Crippen molar-refractivity contribution in [3.8, 4) is 0 Å². The van der Waals surface area contributed by atoms with Crippen molar-refractivity contribution in [3.63, 3.8) is 0 Å². The summed E-state index contributed by atoms with van der Waals surface area (Å²) in [5.41, 5.74) is -1.53. The number of carbonyl (C=O) groups excluding carboxylic acids is 1. The molecule has 2 aromatic rings. The van der Waals surface area contributed by atoms with Crippen LogP contribution in [0.1, 0.15) is 10.4 Å². The van der Waals surface area contributed by atoms with Crippen molar-refractivity contribution >= 4 is 34.8 Å². The number of nitrogens with zero attached hydrogens (tertiary/aromatic N) is 1. The average molecular weight is 339 g/mol. The number of carbonyl (C=O) groups is 1. The van der Waals surface area contributed by atoms with Crippen molar-refractivity contribution in [2.75, 3.05) is 5.32 Å². The minimum Gasteiger partial charge on any atom is -0.317 e. The molecule has 0 radical (unpaired) electrons. The number of anilines is 1. The maximum absolute atomic E-state index is 13.4. The molecule has 3 nitrogen and oxygen atoms in total. The van der Waals surface area contributed by atoms with E-state index in [1.165, 1.54) is 6.07 Å². The normalized spacial score (nSPS) is 10.6. The lowest BCUT2D eigenvalue weighted by atomic mass is 10.2. The molecular weight excluding hydrogens is 335 g/mol. The quantitative estimate of drug-likeness (QED) is 0.506. The highest BCUT2D eigenvalue weighted by Crippen LogP contribution is 2.25. The van der Waals surface area contributed by atoms with E-state index in [0.29, 0.717) is 0 Å². The molecule has 0 aliphatic heterocycles. The van der Waals surface area contributed by atoms with E-state index in [9.17, 15) is 22.4 Å². The van der Waals surface area contributed by atoms with Gasteiger partial charge in [0.1, 0.15) is 16.0 Å². The van der Waals surface area contributed by atoms with Crippen LogP contribution in [0.25, 0.3) is 0 Å². The van der Waals surface area contributed by atoms with Crippen LogP contribution in [0.2, 0.25) is 10.3 Å². The van der Waals surface area contributed by atoms with Gasteiger partial charge in [-0.2, -0.15) is 0 Å². The van der Waals surface area contributed by atoms with Gasteiger partial charge in [-0.15, -0.1) is 0 Å². The number of aromatic nitrogens is 1. The fourth-order valence-electron chi connectivity index (χ4n) is 1.45. The zero-order chi connectivity index (χ0) is 15.7. The van der Waals surface area contributed by atoms with Crippen LogP contribution in [0.15, 0.2) is 18.2 Å². The molecule has 0 aliphatic carbocycles. The van der Waals surface area contributed by atoms with Gasteiger partial charge in [-0.25, -0.2) is 22.5 Å². The molecule has 1 heterocycles. The number of pyridine rings is 1. The second-order valence-electron chi connectivity index (χ2n) is 3.77. The zero-order valence-corrected chi connectivity index (χ0v) is 11.4. The van der Waals surface area contributed by atoms with Crippen LogP contribution < -0.4 is 5.32 Å². The number of hydrogen-bond donors (Lipinski definition) is 1. The summed E-state index contributed by atoms with van der Waals surface area (Å²) in [4.78, 5) is 15.4.